The molecule has 0 saturated carbocycles. The fourth-order valence-electron chi connectivity index (χ4n) is 1.45. The quantitative estimate of drug-likeness (QED) is 0.832. The Morgan fingerprint density at radius 3 is 2.56 bits per heavy atom. The molecule has 1 N–H and O–H groups in total. The molecular weight excluding hydrogens is 212 g/mol. The van der Waals surface area contributed by atoms with Crippen molar-refractivity contribution >= 4 is 0 Å². The van der Waals surface area contributed by atoms with Gasteiger partial charge in [-0.05, 0) is 38.7 Å². The lowest BCUT2D eigenvalue weighted by Crippen LogP contribution is -2.21. The van der Waals surface area contributed by atoms with E-state index in [4.69, 9.17) is 0 Å². The molecule has 16 heavy (non-hydrogen) atoms. The van der Waals surface area contributed by atoms with Crippen molar-refractivity contribution in [3.05, 3.63) is 35.4 Å². The molecule has 1 aromatic carbocycles. The van der Waals surface area contributed by atoms with Crippen LogP contribution in [-0.4, -0.2) is 36.8 Å². The van der Waals surface area contributed by atoms with E-state index in [9.17, 15) is 13.9 Å². The second kappa shape index (κ2) is 5.92. The number of hydrogen-bond acceptors (Lipinski definition) is 2. The smallest absolute Gasteiger partial charge is 0.129 e. The number of aliphatic hydroxyl groups is 1. The van der Waals surface area contributed by atoms with E-state index in [0.717, 1.165) is 12.6 Å². The highest BCUT2D eigenvalue weighted by Crippen LogP contribution is 2.12. The molecule has 0 aliphatic carbocycles. The van der Waals surface area contributed by atoms with Crippen molar-refractivity contribution in [2.24, 2.45) is 0 Å². The lowest BCUT2D eigenvalue weighted by Gasteiger charge is -2.14. The average molecular weight is 229 g/mol. The zero-order valence-corrected chi connectivity index (χ0v) is 9.58. The second-order valence-corrected chi connectivity index (χ2v) is 4.19. The molecule has 4 heteroatoms. The lowest BCUT2D eigenvalue weighted by molar-refractivity contribution is 0.151. The molecule has 0 saturated heterocycles. The van der Waals surface area contributed by atoms with Crippen LogP contribution in [0.3, 0.4) is 0 Å². The van der Waals surface area contributed by atoms with Crippen LogP contribution in [0.25, 0.3) is 0 Å². The molecule has 1 atom stereocenters. The molecule has 0 aromatic heterocycles. The molecule has 0 heterocycles. The topological polar surface area (TPSA) is 23.5 Å². The molecular formula is C12H17F2NO. The first-order chi connectivity index (χ1) is 7.49. The summed E-state index contributed by atoms with van der Waals surface area (Å²) in [5.41, 5.74) is 0.354. The summed E-state index contributed by atoms with van der Waals surface area (Å²) >= 11 is 0. The summed E-state index contributed by atoms with van der Waals surface area (Å²) in [6, 6.07) is 3.43. The van der Waals surface area contributed by atoms with Crippen molar-refractivity contribution in [1.29, 1.82) is 0 Å². The van der Waals surface area contributed by atoms with Gasteiger partial charge in [0, 0.05) is 12.5 Å². The first-order valence-corrected chi connectivity index (χ1v) is 5.25. The maximum atomic E-state index is 13.2. The molecule has 0 fully saturated rings. The van der Waals surface area contributed by atoms with E-state index in [2.05, 4.69) is 0 Å². The predicted molar refractivity (Wildman–Crippen MR) is 59.2 cm³/mol. The zero-order valence-electron chi connectivity index (χ0n) is 9.58. The third-order valence-electron chi connectivity index (χ3n) is 2.38. The van der Waals surface area contributed by atoms with Crippen LogP contribution in [0.4, 0.5) is 8.78 Å². The summed E-state index contributed by atoms with van der Waals surface area (Å²) in [4.78, 5) is 1.95. The van der Waals surface area contributed by atoms with Crippen molar-refractivity contribution in [1.82, 2.24) is 4.90 Å². The number of rotatable bonds is 5. The molecule has 0 spiro atoms. The number of aliphatic hydroxyl groups excluding tert-OH is 1. The van der Waals surface area contributed by atoms with E-state index in [1.54, 1.807) is 0 Å². The normalized spacial score (nSPS) is 13.1. The summed E-state index contributed by atoms with van der Waals surface area (Å²) in [6.45, 7) is 0.740. The van der Waals surface area contributed by atoms with Crippen LogP contribution in [0.5, 0.6) is 0 Å². The maximum Gasteiger partial charge on any atom is 0.129 e. The molecule has 90 valence electrons. The monoisotopic (exact) mass is 229 g/mol. The highest BCUT2D eigenvalue weighted by Gasteiger charge is 2.10. The average Bonchev–Trinajstić information content (AvgIpc) is 2.19. The fourth-order valence-corrected chi connectivity index (χ4v) is 1.45. The van der Waals surface area contributed by atoms with Crippen molar-refractivity contribution in [3.63, 3.8) is 0 Å². The number of halogens is 2. The Labute approximate surface area is 94.5 Å². The minimum Gasteiger partial charge on any atom is -0.393 e. The van der Waals surface area contributed by atoms with Gasteiger partial charge < -0.3 is 10.0 Å². The van der Waals surface area contributed by atoms with E-state index in [1.807, 2.05) is 19.0 Å². The van der Waals surface area contributed by atoms with Crippen molar-refractivity contribution in [2.45, 2.75) is 18.9 Å². The zero-order chi connectivity index (χ0) is 12.1. The summed E-state index contributed by atoms with van der Waals surface area (Å²) in [5, 5.41) is 9.66. The van der Waals surface area contributed by atoms with Crippen LogP contribution in [0.15, 0.2) is 18.2 Å². The van der Waals surface area contributed by atoms with E-state index >= 15 is 0 Å². The maximum absolute atomic E-state index is 13.2. The van der Waals surface area contributed by atoms with Gasteiger partial charge in [0.15, 0.2) is 0 Å². The molecule has 1 aromatic rings. The van der Waals surface area contributed by atoms with E-state index < -0.39 is 17.7 Å². The SMILES string of the molecule is CN(C)CCC(O)Cc1ccc(F)cc1F. The van der Waals surface area contributed by atoms with Crippen LogP contribution in [0.2, 0.25) is 0 Å². The molecule has 0 aliphatic rings. The molecule has 0 aliphatic heterocycles. The van der Waals surface area contributed by atoms with Crippen LogP contribution in [0.1, 0.15) is 12.0 Å². The van der Waals surface area contributed by atoms with Crippen LogP contribution in [-0.2, 0) is 6.42 Å². The van der Waals surface area contributed by atoms with Gasteiger partial charge in [-0.1, -0.05) is 6.07 Å². The molecule has 1 unspecified atom stereocenters. The number of hydrogen-bond donors (Lipinski definition) is 1. The summed E-state index contributed by atoms with van der Waals surface area (Å²) in [5.74, 6) is -1.19. The Hall–Kier alpha value is -1.00. The standard InChI is InChI=1S/C12H17F2NO/c1-15(2)6-5-11(16)7-9-3-4-10(13)8-12(9)14/h3-4,8,11,16H,5-7H2,1-2H3. The predicted octanol–water partition coefficient (Wildman–Crippen LogP) is 1.82. The van der Waals surface area contributed by atoms with Crippen LogP contribution >= 0.6 is 0 Å². The van der Waals surface area contributed by atoms with Gasteiger partial charge in [-0.3, -0.25) is 0 Å². The molecule has 1 rings (SSSR count). The Balaban J connectivity index is 2.52. The number of benzene rings is 1. The van der Waals surface area contributed by atoms with Gasteiger partial charge in [-0.15, -0.1) is 0 Å². The van der Waals surface area contributed by atoms with Gasteiger partial charge in [0.2, 0.25) is 0 Å². The van der Waals surface area contributed by atoms with Gasteiger partial charge >= 0.3 is 0 Å². The van der Waals surface area contributed by atoms with Crippen molar-refractivity contribution < 1.29 is 13.9 Å². The first-order valence-electron chi connectivity index (χ1n) is 5.25. The summed E-state index contributed by atoms with van der Waals surface area (Å²) in [6.07, 6.45) is 0.200. The summed E-state index contributed by atoms with van der Waals surface area (Å²) < 4.78 is 25.9. The third-order valence-corrected chi connectivity index (χ3v) is 2.38. The van der Waals surface area contributed by atoms with Crippen molar-refractivity contribution in [3.8, 4) is 0 Å². The van der Waals surface area contributed by atoms with Crippen molar-refractivity contribution in [2.75, 3.05) is 20.6 Å². The second-order valence-electron chi connectivity index (χ2n) is 4.19. The van der Waals surface area contributed by atoms with E-state index in [1.165, 1.54) is 12.1 Å². The molecule has 0 bridgehead atoms. The minimum absolute atomic E-state index is 0.222. The molecule has 0 radical (unpaired) electrons. The molecule has 2 nitrogen and oxygen atoms in total. The van der Waals surface area contributed by atoms with Gasteiger partial charge in [-0.25, -0.2) is 8.78 Å². The lowest BCUT2D eigenvalue weighted by atomic mass is 10.0. The number of nitrogens with zero attached hydrogens (tertiary/aromatic N) is 1. The summed E-state index contributed by atoms with van der Waals surface area (Å²) in [7, 11) is 3.82. The van der Waals surface area contributed by atoms with Gasteiger partial charge in [0.1, 0.15) is 11.6 Å². The van der Waals surface area contributed by atoms with Crippen LogP contribution in [0, 0.1) is 11.6 Å². The fraction of sp³-hybridized carbons (Fsp3) is 0.500. The largest absolute Gasteiger partial charge is 0.393 e. The van der Waals surface area contributed by atoms with Gasteiger partial charge in [0.25, 0.3) is 0 Å². The Morgan fingerprint density at radius 1 is 1.31 bits per heavy atom. The Morgan fingerprint density at radius 2 is 2.00 bits per heavy atom. The first kappa shape index (κ1) is 13.1. The highest BCUT2D eigenvalue weighted by molar-refractivity contribution is 5.19. The molecule has 0 amide bonds. The highest BCUT2D eigenvalue weighted by atomic mass is 19.1. The van der Waals surface area contributed by atoms with E-state index in [-0.39, 0.29) is 6.42 Å². The van der Waals surface area contributed by atoms with Gasteiger partial charge in [0.05, 0.1) is 6.10 Å². The van der Waals surface area contributed by atoms with E-state index in [0.29, 0.717) is 12.0 Å². The minimum atomic E-state index is -0.595. The Bertz CT molecular complexity index is 342. The Kier molecular flexibility index (Phi) is 4.83. The third kappa shape index (κ3) is 4.24. The van der Waals surface area contributed by atoms with Crippen LogP contribution < -0.4 is 0 Å². The van der Waals surface area contributed by atoms with Gasteiger partial charge in [-0.2, -0.15) is 0 Å².